The Morgan fingerprint density at radius 2 is 2.38 bits per heavy atom. The number of thiol groups is 1. The summed E-state index contributed by atoms with van der Waals surface area (Å²) in [6, 6.07) is 0.464. The molecule has 0 aromatic carbocycles. The molecule has 1 aliphatic heterocycles. The number of likely N-dealkylation sites (tertiary alicyclic amines) is 1. The number of amides is 1. The van der Waals surface area contributed by atoms with E-state index in [9.17, 15) is 4.79 Å². The van der Waals surface area contributed by atoms with Crippen molar-refractivity contribution in [2.24, 2.45) is 0 Å². The molecule has 0 aliphatic carbocycles. The fraction of sp³-hybridized carbons (Fsp3) is 0.889. The second kappa shape index (κ2) is 5.50. The minimum Gasteiger partial charge on any atom is -0.340 e. The second-order valence-electron chi connectivity index (χ2n) is 3.48. The second-order valence-corrected chi connectivity index (χ2v) is 3.80. The van der Waals surface area contributed by atoms with Gasteiger partial charge in [-0.2, -0.15) is 12.6 Å². The van der Waals surface area contributed by atoms with Crippen molar-refractivity contribution in [1.82, 2.24) is 10.2 Å². The van der Waals surface area contributed by atoms with E-state index in [-0.39, 0.29) is 5.91 Å². The van der Waals surface area contributed by atoms with Crippen LogP contribution < -0.4 is 5.32 Å². The maximum Gasteiger partial charge on any atom is 0.232 e. The molecule has 0 saturated carbocycles. The van der Waals surface area contributed by atoms with Gasteiger partial charge >= 0.3 is 0 Å². The van der Waals surface area contributed by atoms with Crippen LogP contribution >= 0.6 is 12.6 Å². The molecule has 1 fully saturated rings. The summed E-state index contributed by atoms with van der Waals surface area (Å²) in [5.41, 5.74) is 0. The fourth-order valence-electron chi connectivity index (χ4n) is 1.70. The Labute approximate surface area is 85.3 Å². The topological polar surface area (TPSA) is 32.3 Å². The molecule has 0 bridgehead atoms. The average Bonchev–Trinajstić information content (AvgIpc) is 2.41. The normalized spacial score (nSPS) is 24.2. The summed E-state index contributed by atoms with van der Waals surface area (Å²) in [5, 5.41) is 3.23. The van der Waals surface area contributed by atoms with Gasteiger partial charge in [0.25, 0.3) is 0 Å². The average molecular weight is 202 g/mol. The van der Waals surface area contributed by atoms with Gasteiger partial charge in [-0.1, -0.05) is 6.42 Å². The highest BCUT2D eigenvalue weighted by molar-refractivity contribution is 7.81. The van der Waals surface area contributed by atoms with E-state index in [1.54, 1.807) is 0 Å². The molecule has 1 amide bonds. The van der Waals surface area contributed by atoms with Crippen molar-refractivity contribution >= 4 is 18.5 Å². The number of nitrogens with one attached hydrogen (secondary N) is 1. The van der Waals surface area contributed by atoms with Gasteiger partial charge < -0.3 is 10.2 Å². The molecule has 0 spiro atoms. The Bertz CT molecular complexity index is 175. The van der Waals surface area contributed by atoms with Crippen LogP contribution in [0, 0.1) is 0 Å². The minimum absolute atomic E-state index is 0.158. The molecule has 1 heterocycles. The quantitative estimate of drug-likeness (QED) is 0.640. The zero-order valence-corrected chi connectivity index (χ0v) is 9.02. The maximum absolute atomic E-state index is 11.4. The van der Waals surface area contributed by atoms with Crippen molar-refractivity contribution in [2.75, 3.05) is 25.9 Å². The van der Waals surface area contributed by atoms with Crippen molar-refractivity contribution < 1.29 is 4.79 Å². The van der Waals surface area contributed by atoms with Gasteiger partial charge in [-0.3, -0.25) is 4.79 Å². The lowest BCUT2D eigenvalue weighted by atomic mass is 10.1. The van der Waals surface area contributed by atoms with Crippen molar-refractivity contribution in [3.8, 4) is 0 Å². The predicted molar refractivity (Wildman–Crippen MR) is 57.1 cm³/mol. The van der Waals surface area contributed by atoms with Crippen LogP contribution in [-0.2, 0) is 4.79 Å². The molecule has 13 heavy (non-hydrogen) atoms. The molecular weight excluding hydrogens is 184 g/mol. The van der Waals surface area contributed by atoms with E-state index in [4.69, 9.17) is 0 Å². The molecule has 1 aliphatic rings. The van der Waals surface area contributed by atoms with Crippen LogP contribution in [0.3, 0.4) is 0 Å². The van der Waals surface area contributed by atoms with Gasteiger partial charge in [-0.15, -0.1) is 0 Å². The number of hydrogen-bond acceptors (Lipinski definition) is 3. The molecule has 0 aromatic heterocycles. The van der Waals surface area contributed by atoms with Crippen LogP contribution in [0.25, 0.3) is 0 Å². The molecule has 0 aromatic rings. The van der Waals surface area contributed by atoms with Crippen LogP contribution in [0.1, 0.15) is 19.3 Å². The molecule has 0 radical (unpaired) electrons. The minimum atomic E-state index is 0.158. The first-order valence-corrected chi connectivity index (χ1v) is 5.47. The summed E-state index contributed by atoms with van der Waals surface area (Å²) in [7, 11) is 1.96. The summed E-state index contributed by atoms with van der Waals surface area (Å²) in [4.78, 5) is 13.3. The Morgan fingerprint density at radius 1 is 1.62 bits per heavy atom. The lowest BCUT2D eigenvalue weighted by Gasteiger charge is -2.23. The van der Waals surface area contributed by atoms with E-state index < -0.39 is 0 Å². The first-order chi connectivity index (χ1) is 6.27. The van der Waals surface area contributed by atoms with Crippen LogP contribution in [0.2, 0.25) is 0 Å². The van der Waals surface area contributed by atoms with Crippen LogP contribution in [-0.4, -0.2) is 42.7 Å². The molecular formula is C9H18N2OS. The molecule has 76 valence electrons. The zero-order valence-electron chi connectivity index (χ0n) is 8.12. The number of carbonyl (C=O) groups is 1. The molecule has 1 rings (SSSR count). The number of hydrogen-bond donors (Lipinski definition) is 2. The number of carbonyl (C=O) groups excluding carboxylic acids is 1. The summed E-state index contributed by atoms with van der Waals surface area (Å²) >= 11 is 4.01. The van der Waals surface area contributed by atoms with E-state index in [0.29, 0.717) is 11.8 Å². The van der Waals surface area contributed by atoms with Gasteiger partial charge in [0, 0.05) is 19.1 Å². The highest BCUT2D eigenvalue weighted by Crippen LogP contribution is 2.10. The van der Waals surface area contributed by atoms with Gasteiger partial charge in [0.15, 0.2) is 0 Å². The Morgan fingerprint density at radius 3 is 3.00 bits per heavy atom. The fourth-order valence-corrected chi connectivity index (χ4v) is 1.90. The summed E-state index contributed by atoms with van der Waals surface area (Å²) in [5.74, 6) is 0.488. The van der Waals surface area contributed by atoms with Gasteiger partial charge in [-0.05, 0) is 19.9 Å². The smallest absolute Gasteiger partial charge is 0.232 e. The van der Waals surface area contributed by atoms with E-state index in [0.717, 1.165) is 19.5 Å². The van der Waals surface area contributed by atoms with Crippen molar-refractivity contribution in [1.29, 1.82) is 0 Å². The van der Waals surface area contributed by atoms with Gasteiger partial charge in [0.2, 0.25) is 5.91 Å². The highest BCUT2D eigenvalue weighted by atomic mass is 32.1. The number of nitrogens with zero attached hydrogens (tertiary/aromatic N) is 1. The third-order valence-electron chi connectivity index (χ3n) is 2.57. The van der Waals surface area contributed by atoms with Crippen molar-refractivity contribution in [3.05, 3.63) is 0 Å². The highest BCUT2D eigenvalue weighted by Gasteiger charge is 2.19. The lowest BCUT2D eigenvalue weighted by molar-refractivity contribution is -0.128. The largest absolute Gasteiger partial charge is 0.340 e. The Balaban J connectivity index is 2.48. The van der Waals surface area contributed by atoms with Crippen molar-refractivity contribution in [3.63, 3.8) is 0 Å². The van der Waals surface area contributed by atoms with Gasteiger partial charge in [0.05, 0.1) is 5.75 Å². The third kappa shape index (κ3) is 3.19. The van der Waals surface area contributed by atoms with E-state index >= 15 is 0 Å². The predicted octanol–water partition coefficient (Wildman–Crippen LogP) is 0.517. The maximum atomic E-state index is 11.4. The third-order valence-corrected chi connectivity index (χ3v) is 2.84. The standard InChI is InChI=1S/C9H18N2OS/c1-10-8-4-2-3-5-11(6-8)9(12)7-13/h8,10,13H,2-7H2,1H3. The van der Waals surface area contributed by atoms with E-state index in [2.05, 4.69) is 17.9 Å². The SMILES string of the molecule is CNC1CCCCN(C(=O)CS)C1. The molecule has 1 saturated heterocycles. The monoisotopic (exact) mass is 202 g/mol. The lowest BCUT2D eigenvalue weighted by Crippen LogP contribution is -2.41. The molecule has 1 unspecified atom stereocenters. The Kier molecular flexibility index (Phi) is 4.59. The first kappa shape index (κ1) is 10.9. The first-order valence-electron chi connectivity index (χ1n) is 4.84. The molecule has 1 N–H and O–H groups in total. The van der Waals surface area contributed by atoms with Crippen molar-refractivity contribution in [2.45, 2.75) is 25.3 Å². The summed E-state index contributed by atoms with van der Waals surface area (Å²) in [6.45, 7) is 1.74. The zero-order chi connectivity index (χ0) is 9.68. The molecule has 4 heteroatoms. The van der Waals surface area contributed by atoms with Gasteiger partial charge in [0.1, 0.15) is 0 Å². The van der Waals surface area contributed by atoms with E-state index in [1.807, 2.05) is 11.9 Å². The molecule has 1 atom stereocenters. The van der Waals surface area contributed by atoms with E-state index in [1.165, 1.54) is 12.8 Å². The molecule has 3 nitrogen and oxygen atoms in total. The summed E-state index contributed by atoms with van der Waals surface area (Å²) in [6.07, 6.45) is 3.51. The number of likely N-dealkylation sites (N-methyl/N-ethyl adjacent to an activating group) is 1. The number of rotatable bonds is 2. The Hall–Kier alpha value is -0.220. The van der Waals surface area contributed by atoms with Gasteiger partial charge in [-0.25, -0.2) is 0 Å². The van der Waals surface area contributed by atoms with Crippen LogP contribution in [0.15, 0.2) is 0 Å². The van der Waals surface area contributed by atoms with Crippen LogP contribution in [0.5, 0.6) is 0 Å². The van der Waals surface area contributed by atoms with Crippen LogP contribution in [0.4, 0.5) is 0 Å². The summed E-state index contributed by atoms with van der Waals surface area (Å²) < 4.78 is 0.